The summed E-state index contributed by atoms with van der Waals surface area (Å²) in [5.41, 5.74) is 1.20. The summed E-state index contributed by atoms with van der Waals surface area (Å²) in [6.07, 6.45) is 1.91. The van der Waals surface area contributed by atoms with Crippen molar-refractivity contribution in [3.8, 4) is 10.4 Å². The molecule has 0 amide bonds. The van der Waals surface area contributed by atoms with Gasteiger partial charge >= 0.3 is 0 Å². The van der Waals surface area contributed by atoms with E-state index in [2.05, 4.69) is 17.1 Å². The summed E-state index contributed by atoms with van der Waals surface area (Å²) in [7, 11) is 0. The first kappa shape index (κ1) is 13.2. The largest absolute Gasteiger partial charge is 0.274 e. The molecule has 2 nitrogen and oxygen atoms in total. The van der Waals surface area contributed by atoms with Gasteiger partial charge in [0.15, 0.2) is 0 Å². The third kappa shape index (κ3) is 3.33. The van der Waals surface area contributed by atoms with Crippen molar-refractivity contribution in [2.75, 3.05) is 0 Å². The van der Waals surface area contributed by atoms with Crippen molar-refractivity contribution >= 4 is 23.3 Å². The lowest BCUT2D eigenvalue weighted by molar-refractivity contribution is 1.30. The maximum Gasteiger partial charge on any atom is 0.0900 e. The first-order valence-corrected chi connectivity index (χ1v) is 6.89. The van der Waals surface area contributed by atoms with Gasteiger partial charge in [-0.1, -0.05) is 26.0 Å². The zero-order chi connectivity index (χ0) is 12.0. The van der Waals surface area contributed by atoms with Gasteiger partial charge in [0.1, 0.15) is 0 Å². The third-order valence-electron chi connectivity index (χ3n) is 1.90. The van der Waals surface area contributed by atoms with E-state index in [1.807, 2.05) is 39.1 Å². The predicted molar refractivity (Wildman–Crippen MR) is 73.7 cm³/mol. The molecule has 0 atom stereocenters. The summed E-state index contributed by atoms with van der Waals surface area (Å²) in [5.74, 6) is 0. The van der Waals surface area contributed by atoms with E-state index in [0.29, 0.717) is 0 Å². The van der Waals surface area contributed by atoms with E-state index < -0.39 is 0 Å². The van der Waals surface area contributed by atoms with Gasteiger partial charge in [0, 0.05) is 11.1 Å². The molecule has 0 bridgehead atoms. The highest BCUT2D eigenvalue weighted by Crippen LogP contribution is 2.26. The molecule has 0 aliphatic carbocycles. The molecule has 1 aromatic heterocycles. The molecule has 1 heterocycles. The van der Waals surface area contributed by atoms with Gasteiger partial charge in [-0.15, -0.1) is 11.3 Å². The summed E-state index contributed by atoms with van der Waals surface area (Å²) in [6, 6.07) is 8.19. The second-order valence-corrected chi connectivity index (χ2v) is 4.83. The van der Waals surface area contributed by atoms with Gasteiger partial charge in [-0.25, -0.2) is 4.98 Å². The number of thiazole rings is 1. The minimum absolute atomic E-state index is 1.08. The molecule has 86 valence electrons. The molecule has 2 rings (SSSR count). The maximum atomic E-state index is 5.45. The second kappa shape index (κ2) is 6.68. The Hall–Kier alpha value is -0.840. The highest BCUT2D eigenvalue weighted by Gasteiger charge is 2.01. The van der Waals surface area contributed by atoms with Gasteiger partial charge in [0.25, 0.3) is 0 Å². The van der Waals surface area contributed by atoms with Crippen LogP contribution in [0.2, 0.25) is 0 Å². The number of hydrogen-bond acceptors (Lipinski definition) is 4. The first-order valence-electron chi connectivity index (χ1n) is 5.19. The first-order chi connectivity index (χ1) is 7.79. The zero-order valence-corrected chi connectivity index (χ0v) is 11.4. The van der Waals surface area contributed by atoms with E-state index >= 15 is 0 Å². The van der Waals surface area contributed by atoms with Crippen LogP contribution in [0.25, 0.3) is 10.4 Å². The summed E-state index contributed by atoms with van der Waals surface area (Å²) >= 11 is 2.97. The lowest BCUT2D eigenvalue weighted by Gasteiger charge is -1.98. The van der Waals surface area contributed by atoms with Gasteiger partial charge in [-0.05, 0) is 36.6 Å². The Bertz CT molecular complexity index is 421. The van der Waals surface area contributed by atoms with Gasteiger partial charge in [0.05, 0.1) is 9.88 Å². The van der Waals surface area contributed by atoms with E-state index in [1.165, 1.54) is 22.4 Å². The van der Waals surface area contributed by atoms with Crippen LogP contribution in [0.5, 0.6) is 0 Å². The Morgan fingerprint density at radius 2 is 1.81 bits per heavy atom. The molecule has 0 unspecified atom stereocenters. The number of aryl methyl sites for hydroxylation is 1. The number of benzene rings is 1. The molecule has 1 aromatic carbocycles. The third-order valence-corrected chi connectivity index (χ3v) is 3.40. The molecule has 4 heteroatoms. The van der Waals surface area contributed by atoms with Crippen LogP contribution in [0.3, 0.4) is 0 Å². The van der Waals surface area contributed by atoms with Crippen molar-refractivity contribution in [2.45, 2.75) is 25.7 Å². The van der Waals surface area contributed by atoms with Gasteiger partial charge < -0.3 is 0 Å². The number of nitrogens with two attached hydrogens (primary N) is 1. The van der Waals surface area contributed by atoms with Crippen molar-refractivity contribution in [1.29, 1.82) is 0 Å². The Morgan fingerprint density at radius 3 is 2.25 bits per heavy atom. The minimum atomic E-state index is 1.08. The molecule has 2 N–H and O–H groups in total. The van der Waals surface area contributed by atoms with Crippen molar-refractivity contribution in [2.24, 2.45) is 5.14 Å². The van der Waals surface area contributed by atoms with Crippen molar-refractivity contribution in [3.05, 3.63) is 35.5 Å². The summed E-state index contributed by atoms with van der Waals surface area (Å²) < 4.78 is 0. The lowest BCUT2D eigenvalue weighted by atomic mass is 10.2. The van der Waals surface area contributed by atoms with Crippen LogP contribution < -0.4 is 5.14 Å². The smallest absolute Gasteiger partial charge is 0.0900 e. The molecule has 0 radical (unpaired) electrons. The SMILES string of the molecule is CC.Cc1ncc(-c2ccc(SN)cc2)s1. The summed E-state index contributed by atoms with van der Waals surface area (Å²) in [4.78, 5) is 6.51. The van der Waals surface area contributed by atoms with Crippen LogP contribution in [0.1, 0.15) is 18.9 Å². The number of nitrogens with zero attached hydrogens (tertiary/aromatic N) is 1. The van der Waals surface area contributed by atoms with Crippen molar-refractivity contribution < 1.29 is 0 Å². The molecule has 0 saturated heterocycles. The van der Waals surface area contributed by atoms with Crippen LogP contribution in [-0.2, 0) is 0 Å². The lowest BCUT2D eigenvalue weighted by Crippen LogP contribution is -1.79. The van der Waals surface area contributed by atoms with Gasteiger partial charge in [-0.2, -0.15) is 0 Å². The number of rotatable bonds is 2. The molecule has 0 aliphatic heterocycles. The summed E-state index contributed by atoms with van der Waals surface area (Å²) in [5, 5.41) is 6.54. The zero-order valence-electron chi connectivity index (χ0n) is 9.73. The summed E-state index contributed by atoms with van der Waals surface area (Å²) in [6.45, 7) is 6.01. The second-order valence-electron chi connectivity index (χ2n) is 2.89. The Labute approximate surface area is 105 Å². The van der Waals surface area contributed by atoms with E-state index in [0.717, 1.165) is 9.90 Å². The Kier molecular flexibility index (Phi) is 5.52. The number of aromatic nitrogens is 1. The van der Waals surface area contributed by atoms with E-state index in [1.54, 1.807) is 11.3 Å². The van der Waals surface area contributed by atoms with E-state index in [4.69, 9.17) is 5.14 Å². The molecule has 0 spiro atoms. The quantitative estimate of drug-likeness (QED) is 0.817. The number of hydrogen-bond donors (Lipinski definition) is 1. The standard InChI is InChI=1S/C10H10N2S2.C2H6/c1-7-12-6-10(13-7)8-2-4-9(14-11)5-3-8;1-2/h2-6H,11H2,1H3;1-2H3. The molecular weight excluding hydrogens is 236 g/mol. The highest BCUT2D eigenvalue weighted by molar-refractivity contribution is 7.97. The predicted octanol–water partition coefficient (Wildman–Crippen LogP) is 4.11. The normalized spacial score (nSPS) is 9.50. The molecule has 0 fully saturated rings. The van der Waals surface area contributed by atoms with Crippen LogP contribution in [-0.4, -0.2) is 4.98 Å². The Balaban J connectivity index is 0.000000606. The average molecular weight is 252 g/mol. The monoisotopic (exact) mass is 252 g/mol. The minimum Gasteiger partial charge on any atom is -0.274 e. The fraction of sp³-hybridized carbons (Fsp3) is 0.250. The van der Waals surface area contributed by atoms with Crippen LogP contribution in [0, 0.1) is 6.92 Å². The van der Waals surface area contributed by atoms with Crippen LogP contribution in [0.4, 0.5) is 0 Å². The Morgan fingerprint density at radius 1 is 1.19 bits per heavy atom. The van der Waals surface area contributed by atoms with Gasteiger partial charge in [-0.3, -0.25) is 5.14 Å². The molecule has 0 saturated carbocycles. The molecular formula is C12H16N2S2. The average Bonchev–Trinajstić information content (AvgIpc) is 2.79. The molecule has 16 heavy (non-hydrogen) atoms. The van der Waals surface area contributed by atoms with Crippen molar-refractivity contribution in [1.82, 2.24) is 4.98 Å². The highest BCUT2D eigenvalue weighted by atomic mass is 32.2. The van der Waals surface area contributed by atoms with Crippen LogP contribution in [0.15, 0.2) is 35.4 Å². The van der Waals surface area contributed by atoms with E-state index in [-0.39, 0.29) is 0 Å². The topological polar surface area (TPSA) is 38.9 Å². The molecule has 0 aliphatic rings. The fourth-order valence-electron chi connectivity index (χ4n) is 1.19. The van der Waals surface area contributed by atoms with E-state index in [9.17, 15) is 0 Å². The van der Waals surface area contributed by atoms with Crippen LogP contribution >= 0.6 is 23.3 Å². The molecule has 2 aromatic rings. The van der Waals surface area contributed by atoms with Crippen molar-refractivity contribution in [3.63, 3.8) is 0 Å². The van der Waals surface area contributed by atoms with Gasteiger partial charge in [0.2, 0.25) is 0 Å². The fourth-order valence-corrected chi connectivity index (χ4v) is 2.27. The maximum absolute atomic E-state index is 5.45.